The number of hydrogen-bond donors (Lipinski definition) is 3. The third kappa shape index (κ3) is 1.63. The van der Waals surface area contributed by atoms with Gasteiger partial charge in [0.2, 0.25) is 0 Å². The molecule has 0 bridgehead atoms. The molecule has 0 aromatic carbocycles. The molecular formula is C5H4BFO4S. The van der Waals surface area contributed by atoms with Gasteiger partial charge in [0.25, 0.3) is 0 Å². The standard InChI is InChI=1S/C5H4BFO4S/c7-4-2(6(10)11)1-3(12-4)5(8)9/h1,10-11H,(H,8,9). The maximum atomic E-state index is 12.7. The van der Waals surface area contributed by atoms with E-state index in [4.69, 9.17) is 15.2 Å². The average Bonchev–Trinajstić information content (AvgIpc) is 2.30. The predicted octanol–water partition coefficient (Wildman–Crippen LogP) is -0.735. The van der Waals surface area contributed by atoms with Crippen molar-refractivity contribution >= 4 is 29.9 Å². The van der Waals surface area contributed by atoms with Crippen LogP contribution < -0.4 is 5.46 Å². The van der Waals surface area contributed by atoms with Gasteiger partial charge in [0.15, 0.2) is 5.13 Å². The molecule has 4 nitrogen and oxygen atoms in total. The van der Waals surface area contributed by atoms with Crippen LogP contribution in [0.2, 0.25) is 0 Å². The maximum absolute atomic E-state index is 12.7. The smallest absolute Gasteiger partial charge is 0.477 e. The molecule has 0 saturated heterocycles. The lowest BCUT2D eigenvalue weighted by Crippen LogP contribution is -2.30. The minimum atomic E-state index is -1.96. The second kappa shape index (κ2) is 3.22. The fourth-order valence-corrected chi connectivity index (χ4v) is 1.41. The molecule has 0 unspecified atom stereocenters. The maximum Gasteiger partial charge on any atom is 0.492 e. The number of carboxylic acids is 1. The molecular weight excluding hydrogens is 186 g/mol. The minimum absolute atomic E-state index is 0.254. The summed E-state index contributed by atoms with van der Waals surface area (Å²) in [6.07, 6.45) is 0. The second-order valence-electron chi connectivity index (χ2n) is 2.02. The van der Waals surface area contributed by atoms with Crippen molar-refractivity contribution in [2.45, 2.75) is 0 Å². The Morgan fingerprint density at radius 2 is 2.17 bits per heavy atom. The van der Waals surface area contributed by atoms with Crippen molar-refractivity contribution in [3.05, 3.63) is 16.1 Å². The van der Waals surface area contributed by atoms with E-state index in [0.717, 1.165) is 6.07 Å². The van der Waals surface area contributed by atoms with Crippen LogP contribution in [-0.2, 0) is 0 Å². The monoisotopic (exact) mass is 190 g/mol. The molecule has 64 valence electrons. The van der Waals surface area contributed by atoms with Crippen LogP contribution >= 0.6 is 11.3 Å². The zero-order valence-corrected chi connectivity index (χ0v) is 6.51. The topological polar surface area (TPSA) is 77.8 Å². The van der Waals surface area contributed by atoms with Crippen molar-refractivity contribution in [1.29, 1.82) is 0 Å². The Labute approximate surface area is 71.0 Å². The van der Waals surface area contributed by atoms with Crippen molar-refractivity contribution in [2.75, 3.05) is 0 Å². The Hall–Kier alpha value is -0.915. The molecule has 0 fully saturated rings. The Kier molecular flexibility index (Phi) is 2.46. The van der Waals surface area contributed by atoms with Crippen molar-refractivity contribution in [1.82, 2.24) is 0 Å². The van der Waals surface area contributed by atoms with E-state index in [9.17, 15) is 9.18 Å². The lowest BCUT2D eigenvalue weighted by Gasteiger charge is -1.90. The van der Waals surface area contributed by atoms with Crippen molar-refractivity contribution in [3.63, 3.8) is 0 Å². The summed E-state index contributed by atoms with van der Waals surface area (Å²) in [7, 11) is -1.96. The fourth-order valence-electron chi connectivity index (χ4n) is 0.664. The van der Waals surface area contributed by atoms with E-state index in [2.05, 4.69) is 0 Å². The van der Waals surface area contributed by atoms with E-state index >= 15 is 0 Å². The number of thiophene rings is 1. The number of hydrogen-bond acceptors (Lipinski definition) is 4. The highest BCUT2D eigenvalue weighted by Crippen LogP contribution is 2.12. The van der Waals surface area contributed by atoms with Gasteiger partial charge in [-0.3, -0.25) is 0 Å². The number of aromatic carboxylic acids is 1. The fraction of sp³-hybridized carbons (Fsp3) is 0. The number of carbonyl (C=O) groups is 1. The molecule has 1 rings (SSSR count). The van der Waals surface area contributed by atoms with E-state index in [1.54, 1.807) is 0 Å². The van der Waals surface area contributed by atoms with Crippen LogP contribution in [0.5, 0.6) is 0 Å². The van der Waals surface area contributed by atoms with Gasteiger partial charge in [-0.15, -0.1) is 0 Å². The second-order valence-corrected chi connectivity index (χ2v) is 3.02. The van der Waals surface area contributed by atoms with Crippen LogP contribution in [0.4, 0.5) is 4.39 Å². The summed E-state index contributed by atoms with van der Waals surface area (Å²) in [5, 5.41) is 24.6. The molecule has 1 aromatic rings. The normalized spacial score (nSPS) is 9.92. The van der Waals surface area contributed by atoms with Crippen LogP contribution in [0.25, 0.3) is 0 Å². The van der Waals surface area contributed by atoms with Crippen LogP contribution in [0, 0.1) is 5.13 Å². The first-order chi connectivity index (χ1) is 5.52. The molecule has 0 atom stereocenters. The summed E-state index contributed by atoms with van der Waals surface area (Å²) >= 11 is 0.365. The summed E-state index contributed by atoms with van der Waals surface area (Å²) in [6, 6.07) is 0.896. The molecule has 12 heavy (non-hydrogen) atoms. The van der Waals surface area contributed by atoms with Gasteiger partial charge in [-0.2, -0.15) is 4.39 Å². The zero-order chi connectivity index (χ0) is 9.30. The van der Waals surface area contributed by atoms with Gasteiger partial charge in [0.1, 0.15) is 4.88 Å². The molecule has 0 saturated carbocycles. The third-order valence-corrected chi connectivity index (χ3v) is 2.13. The predicted molar refractivity (Wildman–Crippen MR) is 41.1 cm³/mol. The summed E-state index contributed by atoms with van der Waals surface area (Å²) < 4.78 is 12.7. The molecule has 0 amide bonds. The lowest BCUT2D eigenvalue weighted by molar-refractivity contribution is 0.0702. The highest BCUT2D eigenvalue weighted by atomic mass is 32.1. The quantitative estimate of drug-likeness (QED) is 0.537. The van der Waals surface area contributed by atoms with E-state index < -0.39 is 23.7 Å². The van der Waals surface area contributed by atoms with E-state index in [0.29, 0.717) is 11.3 Å². The molecule has 1 heterocycles. The van der Waals surface area contributed by atoms with E-state index in [1.165, 1.54) is 0 Å². The number of rotatable bonds is 2. The summed E-state index contributed by atoms with van der Waals surface area (Å²) in [5.41, 5.74) is -0.405. The molecule has 0 spiro atoms. The van der Waals surface area contributed by atoms with Crippen molar-refractivity contribution in [2.24, 2.45) is 0 Å². The SMILES string of the molecule is O=C(O)c1cc(B(O)O)c(F)s1. The van der Waals surface area contributed by atoms with Gasteiger partial charge in [-0.25, -0.2) is 4.79 Å². The average molecular weight is 190 g/mol. The van der Waals surface area contributed by atoms with Crippen LogP contribution in [-0.4, -0.2) is 28.2 Å². The van der Waals surface area contributed by atoms with E-state index in [1.807, 2.05) is 0 Å². The minimum Gasteiger partial charge on any atom is -0.477 e. The molecule has 0 aliphatic heterocycles. The van der Waals surface area contributed by atoms with Crippen molar-refractivity contribution < 1.29 is 24.3 Å². The Morgan fingerprint density at radius 3 is 2.42 bits per heavy atom. The molecule has 1 aromatic heterocycles. The summed E-state index contributed by atoms with van der Waals surface area (Å²) in [6.45, 7) is 0. The molecule has 0 radical (unpaired) electrons. The Balaban J connectivity index is 3.09. The van der Waals surface area contributed by atoms with Gasteiger partial charge in [-0.1, -0.05) is 11.3 Å². The first kappa shape index (κ1) is 9.18. The molecule has 0 aliphatic rings. The largest absolute Gasteiger partial charge is 0.492 e. The first-order valence-corrected chi connectivity index (χ1v) is 3.72. The summed E-state index contributed by atoms with van der Waals surface area (Å²) in [5.74, 6) is -1.29. The highest BCUT2D eigenvalue weighted by Gasteiger charge is 2.22. The van der Waals surface area contributed by atoms with Crippen LogP contribution in [0.15, 0.2) is 6.07 Å². The molecule has 0 aliphatic carbocycles. The Morgan fingerprint density at radius 1 is 1.58 bits per heavy atom. The molecule has 3 N–H and O–H groups in total. The van der Waals surface area contributed by atoms with Crippen LogP contribution in [0.3, 0.4) is 0 Å². The van der Waals surface area contributed by atoms with Gasteiger partial charge in [0.05, 0.1) is 0 Å². The van der Waals surface area contributed by atoms with Gasteiger partial charge in [-0.05, 0) is 6.07 Å². The van der Waals surface area contributed by atoms with Crippen molar-refractivity contribution in [3.8, 4) is 0 Å². The highest BCUT2D eigenvalue weighted by molar-refractivity contribution is 7.13. The number of halogens is 1. The summed E-state index contributed by atoms with van der Waals surface area (Å²) in [4.78, 5) is 10.0. The van der Waals surface area contributed by atoms with E-state index in [-0.39, 0.29) is 4.88 Å². The Bertz CT molecular complexity index is 310. The van der Waals surface area contributed by atoms with Gasteiger partial charge in [0, 0.05) is 5.46 Å². The number of carboxylic acid groups (broad SMARTS) is 1. The third-order valence-electron chi connectivity index (χ3n) is 1.20. The lowest BCUT2D eigenvalue weighted by atomic mass is 9.82. The molecule has 7 heteroatoms. The first-order valence-electron chi connectivity index (χ1n) is 2.91. The van der Waals surface area contributed by atoms with Crippen LogP contribution in [0.1, 0.15) is 9.67 Å². The van der Waals surface area contributed by atoms with Gasteiger partial charge < -0.3 is 15.2 Å². The van der Waals surface area contributed by atoms with Gasteiger partial charge >= 0.3 is 13.1 Å². The zero-order valence-electron chi connectivity index (χ0n) is 5.69.